The van der Waals surface area contributed by atoms with Gasteiger partial charge in [0, 0.05) is 24.7 Å². The predicted molar refractivity (Wildman–Crippen MR) is 78.1 cm³/mol. The van der Waals surface area contributed by atoms with Crippen LogP contribution < -0.4 is 15.8 Å². The standard InChI is InChI=1S/C15H21N3O2/c1-20-14-3-2-10(15(16)19)8-13(14)17-12-5-7-18-6-4-11(12)9-18/h2-3,8,11-12,17H,4-7,9H2,1H3,(H2,16,19). The van der Waals surface area contributed by atoms with Crippen LogP contribution in [0, 0.1) is 5.92 Å². The van der Waals surface area contributed by atoms with E-state index < -0.39 is 5.91 Å². The fourth-order valence-electron chi connectivity index (χ4n) is 3.32. The molecule has 5 heteroatoms. The monoisotopic (exact) mass is 275 g/mol. The van der Waals surface area contributed by atoms with Gasteiger partial charge in [-0.1, -0.05) is 0 Å². The van der Waals surface area contributed by atoms with Gasteiger partial charge in [-0.2, -0.15) is 0 Å². The SMILES string of the molecule is COc1ccc(C(N)=O)cc1NC1CCN2CCC1C2. The fourth-order valence-corrected chi connectivity index (χ4v) is 3.32. The smallest absolute Gasteiger partial charge is 0.248 e. The number of anilines is 1. The van der Waals surface area contributed by atoms with Crippen molar-refractivity contribution < 1.29 is 9.53 Å². The van der Waals surface area contributed by atoms with Crippen LogP contribution in [-0.4, -0.2) is 43.6 Å². The lowest BCUT2D eigenvalue weighted by Crippen LogP contribution is -2.39. The highest BCUT2D eigenvalue weighted by Gasteiger charge is 2.34. The van der Waals surface area contributed by atoms with Gasteiger partial charge in [0.1, 0.15) is 5.75 Å². The molecule has 2 aliphatic heterocycles. The molecule has 3 N–H and O–H groups in total. The molecule has 20 heavy (non-hydrogen) atoms. The van der Waals surface area contributed by atoms with Crippen molar-refractivity contribution >= 4 is 11.6 Å². The summed E-state index contributed by atoms with van der Waals surface area (Å²) in [5.41, 5.74) is 6.73. The minimum absolute atomic E-state index is 0.411. The second kappa shape index (κ2) is 5.32. The number of hydrogen-bond donors (Lipinski definition) is 2. The maximum Gasteiger partial charge on any atom is 0.248 e. The number of piperidine rings is 1. The summed E-state index contributed by atoms with van der Waals surface area (Å²) < 4.78 is 5.38. The number of hydrogen-bond acceptors (Lipinski definition) is 4. The lowest BCUT2D eigenvalue weighted by Gasteiger charge is -2.32. The minimum Gasteiger partial charge on any atom is -0.495 e. The zero-order chi connectivity index (χ0) is 14.1. The summed E-state index contributed by atoms with van der Waals surface area (Å²) in [6.45, 7) is 3.53. The van der Waals surface area contributed by atoms with E-state index in [-0.39, 0.29) is 0 Å². The Morgan fingerprint density at radius 3 is 2.95 bits per heavy atom. The molecule has 3 rings (SSSR count). The Kier molecular flexibility index (Phi) is 3.53. The second-order valence-corrected chi connectivity index (χ2v) is 5.67. The Hall–Kier alpha value is -1.75. The fraction of sp³-hybridized carbons (Fsp3) is 0.533. The number of nitrogens with two attached hydrogens (primary N) is 1. The first kappa shape index (κ1) is 13.2. The number of amides is 1. The first-order chi connectivity index (χ1) is 9.67. The quantitative estimate of drug-likeness (QED) is 0.869. The third kappa shape index (κ3) is 2.45. The maximum atomic E-state index is 11.3. The first-order valence-electron chi connectivity index (χ1n) is 7.14. The number of fused-ring (bicyclic) bond motifs is 2. The van der Waals surface area contributed by atoms with E-state index in [0.29, 0.717) is 17.5 Å². The van der Waals surface area contributed by atoms with Crippen molar-refractivity contribution in [1.29, 1.82) is 0 Å². The lowest BCUT2D eigenvalue weighted by molar-refractivity contribution is 0.100. The number of carbonyl (C=O) groups is 1. The van der Waals surface area contributed by atoms with Crippen LogP contribution in [0.1, 0.15) is 23.2 Å². The number of rotatable bonds is 4. The van der Waals surface area contributed by atoms with Crippen LogP contribution in [0.5, 0.6) is 5.75 Å². The van der Waals surface area contributed by atoms with Crippen molar-refractivity contribution in [3.63, 3.8) is 0 Å². The van der Waals surface area contributed by atoms with Crippen LogP contribution in [-0.2, 0) is 0 Å². The number of ether oxygens (including phenoxy) is 1. The van der Waals surface area contributed by atoms with Gasteiger partial charge in [0.15, 0.2) is 0 Å². The molecule has 2 bridgehead atoms. The molecular weight excluding hydrogens is 254 g/mol. The normalized spacial score (nSPS) is 28.1. The topological polar surface area (TPSA) is 67.6 Å². The Labute approximate surface area is 119 Å². The maximum absolute atomic E-state index is 11.3. The van der Waals surface area contributed by atoms with Gasteiger partial charge in [-0.3, -0.25) is 4.79 Å². The highest BCUT2D eigenvalue weighted by atomic mass is 16.5. The van der Waals surface area contributed by atoms with E-state index in [1.807, 2.05) is 0 Å². The molecule has 0 radical (unpaired) electrons. The Bertz CT molecular complexity index is 518. The Morgan fingerprint density at radius 2 is 2.20 bits per heavy atom. The molecule has 2 saturated heterocycles. The van der Waals surface area contributed by atoms with Crippen molar-refractivity contribution in [2.24, 2.45) is 11.7 Å². The summed E-state index contributed by atoms with van der Waals surface area (Å²) in [6, 6.07) is 5.74. The summed E-state index contributed by atoms with van der Waals surface area (Å²) in [5.74, 6) is 1.03. The van der Waals surface area contributed by atoms with Crippen molar-refractivity contribution in [2.45, 2.75) is 18.9 Å². The lowest BCUT2D eigenvalue weighted by atomic mass is 9.94. The molecule has 0 aliphatic carbocycles. The number of primary amides is 1. The van der Waals surface area contributed by atoms with Crippen LogP contribution in [0.15, 0.2) is 18.2 Å². The summed E-state index contributed by atoms with van der Waals surface area (Å²) >= 11 is 0. The van der Waals surface area contributed by atoms with E-state index in [2.05, 4.69) is 10.2 Å². The van der Waals surface area contributed by atoms with E-state index in [9.17, 15) is 4.79 Å². The summed E-state index contributed by atoms with van der Waals surface area (Å²) in [5, 5.41) is 3.56. The molecule has 0 aromatic heterocycles. The molecule has 3 atom stereocenters. The Morgan fingerprint density at radius 1 is 1.40 bits per heavy atom. The molecule has 2 heterocycles. The average molecular weight is 275 g/mol. The van der Waals surface area contributed by atoms with Crippen molar-refractivity contribution in [3.05, 3.63) is 23.8 Å². The van der Waals surface area contributed by atoms with Gasteiger partial charge < -0.3 is 20.7 Å². The van der Waals surface area contributed by atoms with Crippen molar-refractivity contribution in [3.8, 4) is 5.75 Å². The zero-order valence-corrected chi connectivity index (χ0v) is 11.8. The predicted octanol–water partition coefficient (Wildman–Crippen LogP) is 1.30. The summed E-state index contributed by atoms with van der Waals surface area (Å²) in [6.07, 6.45) is 2.38. The number of nitrogens with zero attached hydrogens (tertiary/aromatic N) is 1. The van der Waals surface area contributed by atoms with E-state index in [0.717, 1.165) is 24.4 Å². The number of benzene rings is 1. The molecule has 108 valence electrons. The molecular formula is C15H21N3O2. The van der Waals surface area contributed by atoms with E-state index in [4.69, 9.17) is 10.5 Å². The minimum atomic E-state index is -0.411. The van der Waals surface area contributed by atoms with Gasteiger partial charge in [-0.25, -0.2) is 0 Å². The number of nitrogens with one attached hydrogen (secondary N) is 1. The van der Waals surface area contributed by atoms with Crippen LogP contribution >= 0.6 is 0 Å². The van der Waals surface area contributed by atoms with Crippen LogP contribution in [0.2, 0.25) is 0 Å². The number of carbonyl (C=O) groups excluding carboxylic acids is 1. The van der Waals surface area contributed by atoms with Gasteiger partial charge >= 0.3 is 0 Å². The van der Waals surface area contributed by atoms with Crippen molar-refractivity contribution in [1.82, 2.24) is 4.90 Å². The molecule has 3 unspecified atom stereocenters. The highest BCUT2D eigenvalue weighted by molar-refractivity contribution is 5.94. The third-order valence-corrected chi connectivity index (χ3v) is 4.46. The van der Waals surface area contributed by atoms with Gasteiger partial charge in [0.2, 0.25) is 5.91 Å². The second-order valence-electron chi connectivity index (χ2n) is 5.67. The molecule has 5 nitrogen and oxygen atoms in total. The largest absolute Gasteiger partial charge is 0.495 e. The first-order valence-corrected chi connectivity index (χ1v) is 7.14. The summed E-state index contributed by atoms with van der Waals surface area (Å²) in [7, 11) is 1.64. The Balaban J connectivity index is 1.81. The van der Waals surface area contributed by atoms with Crippen LogP contribution in [0.4, 0.5) is 5.69 Å². The molecule has 0 saturated carbocycles. The highest BCUT2D eigenvalue weighted by Crippen LogP contribution is 2.33. The van der Waals surface area contributed by atoms with E-state index in [1.165, 1.54) is 19.5 Å². The van der Waals surface area contributed by atoms with Gasteiger partial charge in [-0.05, 0) is 43.5 Å². The van der Waals surface area contributed by atoms with Gasteiger partial charge in [0.25, 0.3) is 0 Å². The van der Waals surface area contributed by atoms with E-state index in [1.54, 1.807) is 25.3 Å². The van der Waals surface area contributed by atoms with Gasteiger partial charge in [-0.15, -0.1) is 0 Å². The molecule has 2 fully saturated rings. The molecule has 1 amide bonds. The summed E-state index contributed by atoms with van der Waals surface area (Å²) in [4.78, 5) is 13.8. The molecule has 1 aromatic carbocycles. The van der Waals surface area contributed by atoms with Gasteiger partial charge in [0.05, 0.1) is 12.8 Å². The third-order valence-electron chi connectivity index (χ3n) is 4.46. The van der Waals surface area contributed by atoms with E-state index >= 15 is 0 Å². The molecule has 2 aliphatic rings. The molecule has 1 aromatic rings. The zero-order valence-electron chi connectivity index (χ0n) is 11.8. The average Bonchev–Trinajstić information content (AvgIpc) is 2.84. The van der Waals surface area contributed by atoms with Crippen LogP contribution in [0.3, 0.4) is 0 Å². The molecule has 0 spiro atoms. The van der Waals surface area contributed by atoms with Crippen LogP contribution in [0.25, 0.3) is 0 Å². The number of methoxy groups -OCH3 is 1. The van der Waals surface area contributed by atoms with Crippen molar-refractivity contribution in [2.75, 3.05) is 32.1 Å².